The van der Waals surface area contributed by atoms with E-state index in [0.717, 1.165) is 0 Å². The van der Waals surface area contributed by atoms with Gasteiger partial charge in [0.1, 0.15) is 12.3 Å². The number of halogens is 1. The number of β-amino-alcohol motifs (C(OH)–C–C–N with tert-alkyl or cyclic N) is 1. The van der Waals surface area contributed by atoms with E-state index in [0.29, 0.717) is 22.2 Å². The fourth-order valence-corrected chi connectivity index (χ4v) is 2.64. The second-order valence-corrected chi connectivity index (χ2v) is 5.42. The van der Waals surface area contributed by atoms with Crippen LogP contribution >= 0.6 is 0 Å². The zero-order valence-electron chi connectivity index (χ0n) is 11.8. The van der Waals surface area contributed by atoms with Crippen LogP contribution in [0.5, 0.6) is 0 Å². The van der Waals surface area contributed by atoms with E-state index in [-0.39, 0.29) is 25.1 Å². The van der Waals surface area contributed by atoms with Gasteiger partial charge in [-0.2, -0.15) is 0 Å². The monoisotopic (exact) mass is 305 g/mol. The predicted octanol–water partition coefficient (Wildman–Crippen LogP) is 0.142. The SMILES string of the molecule is NCc1cc(=O)c2cc(C(=O)N3C[C@@H](O)[C@H](F)C3)ccc2[nH]1. The minimum Gasteiger partial charge on any atom is -0.388 e. The second-order valence-electron chi connectivity index (χ2n) is 5.42. The van der Waals surface area contributed by atoms with Crippen molar-refractivity contribution >= 4 is 16.8 Å². The van der Waals surface area contributed by atoms with Crippen LogP contribution in [0.15, 0.2) is 29.1 Å². The summed E-state index contributed by atoms with van der Waals surface area (Å²) >= 11 is 0. The number of hydrogen-bond acceptors (Lipinski definition) is 4. The molecule has 0 saturated carbocycles. The number of aromatic nitrogens is 1. The maximum atomic E-state index is 13.3. The maximum absolute atomic E-state index is 13.3. The molecular weight excluding hydrogens is 289 g/mol. The number of hydrogen-bond donors (Lipinski definition) is 3. The standard InChI is InChI=1S/C15H16FN3O3/c16-11-6-19(7-14(11)21)15(22)8-1-2-12-10(3-8)13(20)4-9(5-17)18-12/h1-4,11,14,21H,5-7,17H2,(H,18,20)/t11-,14-/m1/s1. The Balaban J connectivity index is 1.97. The van der Waals surface area contributed by atoms with E-state index < -0.39 is 18.2 Å². The lowest BCUT2D eigenvalue weighted by molar-refractivity contribution is 0.0764. The number of nitrogens with two attached hydrogens (primary N) is 1. The van der Waals surface area contributed by atoms with Gasteiger partial charge in [-0.25, -0.2) is 4.39 Å². The highest BCUT2D eigenvalue weighted by Gasteiger charge is 2.34. The molecule has 7 heteroatoms. The Kier molecular flexibility index (Phi) is 3.67. The number of aromatic amines is 1. The first-order valence-electron chi connectivity index (χ1n) is 6.97. The summed E-state index contributed by atoms with van der Waals surface area (Å²) in [5.41, 5.74) is 6.77. The van der Waals surface area contributed by atoms with Crippen molar-refractivity contribution in [2.24, 2.45) is 5.73 Å². The molecule has 0 aliphatic carbocycles. The van der Waals surface area contributed by atoms with Crippen molar-refractivity contribution in [2.45, 2.75) is 18.8 Å². The van der Waals surface area contributed by atoms with Gasteiger partial charge in [0.15, 0.2) is 5.43 Å². The molecular formula is C15H16FN3O3. The van der Waals surface area contributed by atoms with E-state index in [1.807, 2.05) is 0 Å². The summed E-state index contributed by atoms with van der Waals surface area (Å²) < 4.78 is 13.3. The molecule has 1 aliphatic rings. The molecule has 0 unspecified atom stereocenters. The molecule has 116 valence electrons. The van der Waals surface area contributed by atoms with E-state index >= 15 is 0 Å². The third-order valence-corrected chi connectivity index (χ3v) is 3.86. The van der Waals surface area contributed by atoms with Crippen molar-refractivity contribution < 1.29 is 14.3 Å². The fraction of sp³-hybridized carbons (Fsp3) is 0.333. The Morgan fingerprint density at radius 2 is 2.18 bits per heavy atom. The molecule has 1 saturated heterocycles. The van der Waals surface area contributed by atoms with Crippen LogP contribution in [-0.4, -0.2) is 46.3 Å². The number of amides is 1. The van der Waals surface area contributed by atoms with Gasteiger partial charge in [0.25, 0.3) is 5.91 Å². The Morgan fingerprint density at radius 3 is 2.82 bits per heavy atom. The van der Waals surface area contributed by atoms with Crippen molar-refractivity contribution in [3.8, 4) is 0 Å². The van der Waals surface area contributed by atoms with Gasteiger partial charge >= 0.3 is 0 Å². The number of H-pyrrole nitrogens is 1. The van der Waals surface area contributed by atoms with Gasteiger partial charge in [-0.1, -0.05) is 0 Å². The number of nitrogens with zero attached hydrogens (tertiary/aromatic N) is 1. The van der Waals surface area contributed by atoms with Crippen molar-refractivity contribution in [3.63, 3.8) is 0 Å². The van der Waals surface area contributed by atoms with Gasteiger partial charge in [0.2, 0.25) is 0 Å². The maximum Gasteiger partial charge on any atom is 0.254 e. The molecule has 2 atom stereocenters. The summed E-state index contributed by atoms with van der Waals surface area (Å²) in [5, 5.41) is 9.78. The number of nitrogens with one attached hydrogen (secondary N) is 1. The lowest BCUT2D eigenvalue weighted by Gasteiger charge is -2.15. The van der Waals surface area contributed by atoms with Crippen molar-refractivity contribution in [2.75, 3.05) is 13.1 Å². The summed E-state index contributed by atoms with van der Waals surface area (Å²) in [4.78, 5) is 28.7. The molecule has 0 bridgehead atoms. The molecule has 22 heavy (non-hydrogen) atoms. The number of carbonyl (C=O) groups excluding carboxylic acids is 1. The lowest BCUT2D eigenvalue weighted by Crippen LogP contribution is -2.29. The topological polar surface area (TPSA) is 99.4 Å². The summed E-state index contributed by atoms with van der Waals surface area (Å²) in [6.45, 7) is 0.0381. The molecule has 6 nitrogen and oxygen atoms in total. The van der Waals surface area contributed by atoms with E-state index in [2.05, 4.69) is 4.98 Å². The summed E-state index contributed by atoms with van der Waals surface area (Å²) in [7, 11) is 0. The van der Waals surface area contributed by atoms with Gasteiger partial charge in [0.05, 0.1) is 6.54 Å². The van der Waals surface area contributed by atoms with Crippen LogP contribution in [0.2, 0.25) is 0 Å². The van der Waals surface area contributed by atoms with Gasteiger partial charge in [-0.05, 0) is 18.2 Å². The first-order chi connectivity index (χ1) is 10.5. The van der Waals surface area contributed by atoms with Crippen LogP contribution < -0.4 is 11.2 Å². The summed E-state index contributed by atoms with van der Waals surface area (Å²) in [6.07, 6.45) is -2.58. The lowest BCUT2D eigenvalue weighted by atomic mass is 10.1. The number of aliphatic hydroxyl groups is 1. The second kappa shape index (κ2) is 5.51. The molecule has 0 spiro atoms. The van der Waals surface area contributed by atoms with Gasteiger partial charge < -0.3 is 20.7 Å². The highest BCUT2D eigenvalue weighted by atomic mass is 19.1. The van der Waals surface area contributed by atoms with Crippen LogP contribution in [0, 0.1) is 0 Å². The number of likely N-dealkylation sites (tertiary alicyclic amines) is 1. The summed E-state index contributed by atoms with van der Waals surface area (Å²) in [5.74, 6) is -0.400. The van der Waals surface area contributed by atoms with Gasteiger partial charge in [0, 0.05) is 41.3 Å². The molecule has 4 N–H and O–H groups in total. The van der Waals surface area contributed by atoms with Crippen LogP contribution in [-0.2, 0) is 6.54 Å². The smallest absolute Gasteiger partial charge is 0.254 e. The van der Waals surface area contributed by atoms with E-state index in [1.54, 1.807) is 12.1 Å². The molecule has 2 aromatic rings. The fourth-order valence-electron chi connectivity index (χ4n) is 2.64. The molecule has 1 fully saturated rings. The van der Waals surface area contributed by atoms with Crippen LogP contribution in [0.4, 0.5) is 4.39 Å². The highest BCUT2D eigenvalue weighted by Crippen LogP contribution is 2.18. The van der Waals surface area contributed by atoms with E-state index in [9.17, 15) is 19.1 Å². The third-order valence-electron chi connectivity index (χ3n) is 3.86. The number of carbonyl (C=O) groups is 1. The zero-order chi connectivity index (χ0) is 15.9. The number of pyridine rings is 1. The Labute approximate surface area is 125 Å². The minimum absolute atomic E-state index is 0.0412. The molecule has 0 radical (unpaired) electrons. The van der Waals surface area contributed by atoms with E-state index in [1.165, 1.54) is 17.0 Å². The zero-order valence-corrected chi connectivity index (χ0v) is 11.8. The molecule has 3 rings (SSSR count). The number of alkyl halides is 1. The Morgan fingerprint density at radius 1 is 1.41 bits per heavy atom. The molecule has 1 amide bonds. The highest BCUT2D eigenvalue weighted by molar-refractivity contribution is 5.98. The van der Waals surface area contributed by atoms with Crippen LogP contribution in [0.1, 0.15) is 16.1 Å². The number of rotatable bonds is 2. The predicted molar refractivity (Wildman–Crippen MR) is 79.3 cm³/mol. The number of fused-ring (bicyclic) bond motifs is 1. The quantitative estimate of drug-likeness (QED) is 0.735. The third kappa shape index (κ3) is 2.49. The van der Waals surface area contributed by atoms with Crippen molar-refractivity contribution in [1.82, 2.24) is 9.88 Å². The van der Waals surface area contributed by atoms with Crippen molar-refractivity contribution in [1.29, 1.82) is 0 Å². The van der Waals surface area contributed by atoms with Crippen LogP contribution in [0.3, 0.4) is 0 Å². The summed E-state index contributed by atoms with van der Waals surface area (Å²) in [6, 6.07) is 6.07. The molecule has 1 aromatic heterocycles. The average molecular weight is 305 g/mol. The van der Waals surface area contributed by atoms with Gasteiger partial charge in [-0.3, -0.25) is 9.59 Å². The number of aliphatic hydroxyl groups excluding tert-OH is 1. The van der Waals surface area contributed by atoms with Crippen molar-refractivity contribution in [3.05, 3.63) is 45.7 Å². The average Bonchev–Trinajstić information content (AvgIpc) is 2.85. The Hall–Kier alpha value is -2.25. The van der Waals surface area contributed by atoms with E-state index in [4.69, 9.17) is 5.73 Å². The van der Waals surface area contributed by atoms with Crippen LogP contribution in [0.25, 0.3) is 10.9 Å². The normalized spacial score (nSPS) is 21.5. The minimum atomic E-state index is -1.43. The van der Waals surface area contributed by atoms with Gasteiger partial charge in [-0.15, -0.1) is 0 Å². The molecule has 2 heterocycles. The molecule has 1 aliphatic heterocycles. The largest absolute Gasteiger partial charge is 0.388 e. The number of benzene rings is 1. The first kappa shape index (κ1) is 14.7. The molecule has 1 aromatic carbocycles. The Bertz CT molecular complexity index is 779. The first-order valence-corrected chi connectivity index (χ1v) is 6.97.